The molecule has 0 spiro atoms. The quantitative estimate of drug-likeness (QED) is 0.703. The van der Waals surface area contributed by atoms with E-state index in [0.29, 0.717) is 21.1 Å². The fraction of sp³-hybridized carbons (Fsp3) is 0.389. The summed E-state index contributed by atoms with van der Waals surface area (Å²) in [6.45, 7) is 1.01. The molecule has 1 saturated heterocycles. The minimum atomic E-state index is -4.02. The molecular formula is C18H19Cl2N5O4S. The predicted molar refractivity (Wildman–Crippen MR) is 112 cm³/mol. The molecule has 0 radical (unpaired) electrons. The van der Waals surface area contributed by atoms with Crippen molar-refractivity contribution >= 4 is 56.1 Å². The molecule has 2 amide bonds. The maximum absolute atomic E-state index is 12.9. The molecule has 12 heteroatoms. The van der Waals surface area contributed by atoms with E-state index in [4.69, 9.17) is 23.2 Å². The zero-order chi connectivity index (χ0) is 22.2. The van der Waals surface area contributed by atoms with E-state index in [9.17, 15) is 23.3 Å². The van der Waals surface area contributed by atoms with Crippen LogP contribution in [-0.4, -0.2) is 48.2 Å². The van der Waals surface area contributed by atoms with Gasteiger partial charge in [0.05, 0.1) is 22.0 Å². The molecule has 0 aliphatic carbocycles. The number of fused-ring (bicyclic) bond motifs is 1. The van der Waals surface area contributed by atoms with Crippen LogP contribution in [0.5, 0.6) is 0 Å². The molecule has 0 unspecified atom stereocenters. The van der Waals surface area contributed by atoms with Crippen molar-refractivity contribution in [3.05, 3.63) is 33.9 Å². The average molecular weight is 472 g/mol. The average Bonchev–Trinajstić information content (AvgIpc) is 3.01. The number of amides is 2. The molecule has 1 aromatic heterocycles. The summed E-state index contributed by atoms with van der Waals surface area (Å²) in [5.41, 5.74) is 1.06. The predicted octanol–water partition coefficient (Wildman–Crippen LogP) is 1.81. The zero-order valence-corrected chi connectivity index (χ0v) is 18.5. The maximum atomic E-state index is 12.9. The van der Waals surface area contributed by atoms with E-state index in [1.165, 1.54) is 0 Å². The van der Waals surface area contributed by atoms with Gasteiger partial charge in [-0.3, -0.25) is 9.59 Å². The van der Waals surface area contributed by atoms with Crippen LogP contribution in [0, 0.1) is 17.2 Å². The molecular weight excluding hydrogens is 453 g/mol. The fourth-order valence-electron chi connectivity index (χ4n) is 3.50. The Balaban J connectivity index is 1.79. The molecule has 0 saturated carbocycles. The van der Waals surface area contributed by atoms with Gasteiger partial charge >= 0.3 is 10.2 Å². The van der Waals surface area contributed by atoms with Crippen LogP contribution in [-0.2, 0) is 22.1 Å². The summed E-state index contributed by atoms with van der Waals surface area (Å²) in [5.74, 6) is -1.91. The zero-order valence-electron chi connectivity index (χ0n) is 16.1. The monoisotopic (exact) mass is 471 g/mol. The third kappa shape index (κ3) is 4.25. The summed E-state index contributed by atoms with van der Waals surface area (Å²) in [7, 11) is -2.31. The second-order valence-corrected chi connectivity index (χ2v) is 9.46. The van der Waals surface area contributed by atoms with Gasteiger partial charge in [0, 0.05) is 44.0 Å². The molecule has 160 valence electrons. The van der Waals surface area contributed by atoms with E-state index in [-0.39, 0.29) is 19.5 Å². The lowest BCUT2D eigenvalue weighted by Crippen LogP contribution is -2.54. The number of hydrogen-bond acceptors (Lipinski definition) is 5. The lowest BCUT2D eigenvalue weighted by Gasteiger charge is -2.34. The van der Waals surface area contributed by atoms with Gasteiger partial charge in [0.2, 0.25) is 5.91 Å². The number of aryl methyl sites for hydroxylation is 1. The van der Waals surface area contributed by atoms with Gasteiger partial charge in [-0.05, 0) is 24.6 Å². The summed E-state index contributed by atoms with van der Waals surface area (Å²) in [6.07, 6.45) is 0.222. The van der Waals surface area contributed by atoms with Crippen molar-refractivity contribution in [1.82, 2.24) is 18.9 Å². The summed E-state index contributed by atoms with van der Waals surface area (Å²) in [4.78, 5) is 24.0. The van der Waals surface area contributed by atoms with Gasteiger partial charge in [0.1, 0.15) is 5.69 Å². The molecule has 1 aliphatic rings. The number of nitrogens with zero attached hydrogens (tertiary/aromatic N) is 3. The number of aromatic nitrogens is 1. The van der Waals surface area contributed by atoms with Gasteiger partial charge in [-0.25, -0.2) is 4.72 Å². The van der Waals surface area contributed by atoms with Crippen molar-refractivity contribution in [3.8, 4) is 6.07 Å². The van der Waals surface area contributed by atoms with Crippen molar-refractivity contribution < 1.29 is 18.0 Å². The molecule has 1 fully saturated rings. The van der Waals surface area contributed by atoms with Crippen molar-refractivity contribution in [1.29, 1.82) is 5.26 Å². The number of carbonyl (C=O) groups excluding carboxylic acids is 2. The summed E-state index contributed by atoms with van der Waals surface area (Å²) >= 11 is 12.3. The lowest BCUT2D eigenvalue weighted by atomic mass is 9.94. The smallest absolute Gasteiger partial charge is 0.303 e. The van der Waals surface area contributed by atoms with Crippen LogP contribution in [0.25, 0.3) is 10.9 Å². The largest absolute Gasteiger partial charge is 0.347 e. The van der Waals surface area contributed by atoms with Crippen molar-refractivity contribution in [2.45, 2.75) is 19.4 Å². The number of nitriles is 1. The normalized spacial score (nSPS) is 20.0. The van der Waals surface area contributed by atoms with E-state index >= 15 is 0 Å². The summed E-state index contributed by atoms with van der Waals surface area (Å²) in [5, 5.41) is 13.7. The lowest BCUT2D eigenvalue weighted by molar-refractivity contribution is -0.117. The first kappa shape index (κ1) is 22.4. The number of carbonyl (C=O) groups is 2. The highest BCUT2D eigenvalue weighted by molar-refractivity contribution is 7.87. The molecule has 1 aliphatic heterocycles. The van der Waals surface area contributed by atoms with Crippen LogP contribution in [0.4, 0.5) is 0 Å². The van der Waals surface area contributed by atoms with Crippen molar-refractivity contribution in [3.63, 3.8) is 0 Å². The van der Waals surface area contributed by atoms with Crippen LogP contribution < -0.4 is 10.0 Å². The van der Waals surface area contributed by atoms with E-state index in [2.05, 4.69) is 5.32 Å². The molecule has 2 N–H and O–H groups in total. The van der Waals surface area contributed by atoms with E-state index in [1.54, 1.807) is 29.8 Å². The highest BCUT2D eigenvalue weighted by Crippen LogP contribution is 2.32. The van der Waals surface area contributed by atoms with Crippen LogP contribution in [0.3, 0.4) is 0 Å². The van der Waals surface area contributed by atoms with E-state index < -0.39 is 34.0 Å². The molecule has 2 heterocycles. The topological polar surface area (TPSA) is 124 Å². The number of piperidine rings is 1. The Bertz CT molecular complexity index is 1170. The minimum Gasteiger partial charge on any atom is -0.347 e. The van der Waals surface area contributed by atoms with Crippen LogP contribution in [0.15, 0.2) is 18.2 Å². The standard InChI is InChI=1S/C18H19Cl2N5O4S/c1-10(26)23-30(28,29)25-6-5-14(11(8-21)9-25)22-18(27)16-7-12-15(24(16)2)4-3-13(19)17(12)20/h3-4,7,11,14H,5-6,9H2,1-2H3,(H,22,27)(H,23,26)/t11-,14-/m1/s1. The first-order chi connectivity index (χ1) is 14.0. The van der Waals surface area contributed by atoms with Crippen molar-refractivity contribution in [2.75, 3.05) is 13.1 Å². The Morgan fingerprint density at radius 1 is 1.30 bits per heavy atom. The number of halogens is 2. The Hall–Kier alpha value is -2.32. The minimum absolute atomic E-state index is 0.0578. The SMILES string of the molecule is CC(=O)NS(=O)(=O)N1CC[C@@H](NC(=O)c2cc3c(Cl)c(Cl)ccc3n2C)[C@H](C#N)C1. The molecule has 1 aromatic carbocycles. The Morgan fingerprint density at radius 3 is 2.63 bits per heavy atom. The Labute approximate surface area is 183 Å². The molecule has 30 heavy (non-hydrogen) atoms. The number of benzene rings is 1. The Kier molecular flexibility index (Phi) is 6.29. The van der Waals surface area contributed by atoms with Gasteiger partial charge < -0.3 is 9.88 Å². The third-order valence-corrected chi connectivity index (χ3v) is 7.39. The molecule has 3 rings (SSSR count). The number of rotatable bonds is 4. The summed E-state index contributed by atoms with van der Waals surface area (Å²) < 4.78 is 28.9. The highest BCUT2D eigenvalue weighted by atomic mass is 35.5. The third-order valence-electron chi connectivity index (χ3n) is 5.02. The van der Waals surface area contributed by atoms with E-state index in [0.717, 1.165) is 16.7 Å². The maximum Gasteiger partial charge on any atom is 0.303 e. The number of hydrogen-bond donors (Lipinski definition) is 2. The van der Waals surface area contributed by atoms with Crippen molar-refractivity contribution in [2.24, 2.45) is 13.0 Å². The second-order valence-electron chi connectivity index (χ2n) is 7.01. The first-order valence-corrected chi connectivity index (χ1v) is 11.2. The van der Waals surface area contributed by atoms with Crippen LogP contribution in [0.2, 0.25) is 10.0 Å². The van der Waals surface area contributed by atoms with Gasteiger partial charge in [-0.2, -0.15) is 18.0 Å². The molecule has 9 nitrogen and oxygen atoms in total. The van der Waals surface area contributed by atoms with Crippen LogP contribution >= 0.6 is 23.2 Å². The molecule has 2 atom stereocenters. The van der Waals surface area contributed by atoms with Gasteiger partial charge in [0.25, 0.3) is 5.91 Å². The molecule has 0 bridgehead atoms. The van der Waals surface area contributed by atoms with Crippen LogP contribution in [0.1, 0.15) is 23.8 Å². The number of nitrogens with one attached hydrogen (secondary N) is 2. The molecule has 2 aromatic rings. The highest BCUT2D eigenvalue weighted by Gasteiger charge is 2.36. The van der Waals surface area contributed by atoms with Gasteiger partial charge in [-0.1, -0.05) is 23.2 Å². The first-order valence-electron chi connectivity index (χ1n) is 8.97. The van der Waals surface area contributed by atoms with Gasteiger partial charge in [0.15, 0.2) is 0 Å². The van der Waals surface area contributed by atoms with E-state index in [1.807, 2.05) is 10.8 Å². The van der Waals surface area contributed by atoms with Gasteiger partial charge in [-0.15, -0.1) is 0 Å². The summed E-state index contributed by atoms with van der Waals surface area (Å²) in [6, 6.07) is 6.51. The second kappa shape index (κ2) is 8.43. The fourth-order valence-corrected chi connectivity index (χ4v) is 5.07. The Morgan fingerprint density at radius 2 is 2.00 bits per heavy atom.